The highest BCUT2D eigenvalue weighted by molar-refractivity contribution is 5.71. The van der Waals surface area contributed by atoms with Crippen molar-refractivity contribution in [3.05, 3.63) is 48.6 Å². The van der Waals surface area contributed by atoms with Crippen LogP contribution in [0.1, 0.15) is 303 Å². The SMILES string of the molecule is CC/C=C\C/C=C\C/C=C\C/C=C\CCCCCCCCC(=O)OC(COC(=O)CCCCCCCCC)COC(=O)CCCCCCCCCCCCCCCCCCCCCCCCC. The predicted octanol–water partition coefficient (Wildman–Crippen LogP) is 19.4. The summed E-state index contributed by atoms with van der Waals surface area (Å²) in [7, 11) is 0. The highest BCUT2D eigenvalue weighted by atomic mass is 16.6. The van der Waals surface area contributed by atoms with Gasteiger partial charge in [-0.2, -0.15) is 0 Å². The van der Waals surface area contributed by atoms with E-state index in [-0.39, 0.29) is 31.1 Å². The van der Waals surface area contributed by atoms with Gasteiger partial charge in [-0.25, -0.2) is 0 Å². The van der Waals surface area contributed by atoms with Crippen molar-refractivity contribution >= 4 is 17.9 Å². The standard InChI is InChI=1S/C61H110O6/c1-4-7-10-13-16-18-20-22-24-26-28-29-30-31-33-34-36-38-40-42-45-48-51-54-60(63)66-57-58(56-65-59(62)53-50-47-44-15-12-9-6-3)67-61(64)55-52-49-46-43-41-39-37-35-32-27-25-23-21-19-17-14-11-8-5-2/h8,11,17,19,23,25,32,35,58H,4-7,9-10,12-16,18,20-22,24,26-31,33-34,36-57H2,1-3H3/b11-8-,19-17-,25-23-,35-32-. The Morgan fingerprint density at radius 3 is 0.910 bits per heavy atom. The summed E-state index contributed by atoms with van der Waals surface area (Å²) in [5.74, 6) is -0.882. The molecule has 0 aromatic rings. The lowest BCUT2D eigenvalue weighted by Gasteiger charge is -2.18. The molecule has 0 heterocycles. The van der Waals surface area contributed by atoms with E-state index in [1.807, 2.05) is 0 Å². The zero-order chi connectivity index (χ0) is 48.6. The summed E-state index contributed by atoms with van der Waals surface area (Å²) in [5, 5.41) is 0. The molecule has 0 saturated heterocycles. The highest BCUT2D eigenvalue weighted by Gasteiger charge is 2.19. The summed E-state index contributed by atoms with van der Waals surface area (Å²) in [4.78, 5) is 38.0. The molecule has 0 N–H and O–H groups in total. The van der Waals surface area contributed by atoms with Crippen LogP contribution < -0.4 is 0 Å². The molecule has 67 heavy (non-hydrogen) atoms. The van der Waals surface area contributed by atoms with Gasteiger partial charge in [-0.05, 0) is 57.8 Å². The van der Waals surface area contributed by atoms with Crippen molar-refractivity contribution in [3.63, 3.8) is 0 Å². The van der Waals surface area contributed by atoms with Gasteiger partial charge < -0.3 is 14.2 Å². The minimum absolute atomic E-state index is 0.0755. The number of allylic oxidation sites excluding steroid dienone is 8. The van der Waals surface area contributed by atoms with E-state index in [1.54, 1.807) is 0 Å². The van der Waals surface area contributed by atoms with Crippen LogP contribution in [0.25, 0.3) is 0 Å². The molecule has 0 radical (unpaired) electrons. The van der Waals surface area contributed by atoms with Crippen LogP contribution in [-0.2, 0) is 28.6 Å². The molecule has 390 valence electrons. The third-order valence-electron chi connectivity index (χ3n) is 12.8. The maximum Gasteiger partial charge on any atom is 0.306 e. The molecule has 0 aromatic heterocycles. The topological polar surface area (TPSA) is 78.9 Å². The lowest BCUT2D eigenvalue weighted by Crippen LogP contribution is -2.30. The second-order valence-electron chi connectivity index (χ2n) is 19.5. The fraction of sp³-hybridized carbons (Fsp3) is 0.820. The van der Waals surface area contributed by atoms with Gasteiger partial charge in [0.25, 0.3) is 0 Å². The highest BCUT2D eigenvalue weighted by Crippen LogP contribution is 2.17. The Bertz CT molecular complexity index is 1170. The predicted molar refractivity (Wildman–Crippen MR) is 289 cm³/mol. The van der Waals surface area contributed by atoms with Gasteiger partial charge >= 0.3 is 17.9 Å². The van der Waals surface area contributed by atoms with Gasteiger partial charge in [-0.3, -0.25) is 14.4 Å². The molecule has 0 aliphatic carbocycles. The summed E-state index contributed by atoms with van der Waals surface area (Å²) in [5.41, 5.74) is 0. The second kappa shape index (κ2) is 56.0. The van der Waals surface area contributed by atoms with Crippen LogP contribution in [-0.4, -0.2) is 37.2 Å². The van der Waals surface area contributed by atoms with Crippen molar-refractivity contribution in [1.82, 2.24) is 0 Å². The molecule has 1 atom stereocenters. The minimum atomic E-state index is -0.776. The van der Waals surface area contributed by atoms with E-state index in [1.165, 1.54) is 167 Å². The maximum atomic E-state index is 12.8. The van der Waals surface area contributed by atoms with Gasteiger partial charge in [-0.15, -0.1) is 0 Å². The molecule has 6 heteroatoms. The van der Waals surface area contributed by atoms with Crippen LogP contribution in [0.2, 0.25) is 0 Å². The Kier molecular flexibility index (Phi) is 53.8. The fourth-order valence-electron chi connectivity index (χ4n) is 8.49. The number of hydrogen-bond donors (Lipinski definition) is 0. The number of rotatable bonds is 53. The number of unbranched alkanes of at least 4 members (excludes halogenated alkanes) is 34. The van der Waals surface area contributed by atoms with Crippen LogP contribution in [0.15, 0.2) is 48.6 Å². The Morgan fingerprint density at radius 1 is 0.313 bits per heavy atom. The van der Waals surface area contributed by atoms with E-state index >= 15 is 0 Å². The van der Waals surface area contributed by atoms with Crippen molar-refractivity contribution in [1.29, 1.82) is 0 Å². The van der Waals surface area contributed by atoms with Crippen LogP contribution in [0.4, 0.5) is 0 Å². The largest absolute Gasteiger partial charge is 0.462 e. The van der Waals surface area contributed by atoms with Crippen molar-refractivity contribution < 1.29 is 28.6 Å². The monoisotopic (exact) mass is 939 g/mol. The third-order valence-corrected chi connectivity index (χ3v) is 12.8. The summed E-state index contributed by atoms with van der Waals surface area (Å²) in [6.07, 6.45) is 68.5. The molecule has 0 aromatic carbocycles. The summed E-state index contributed by atoms with van der Waals surface area (Å²) >= 11 is 0. The van der Waals surface area contributed by atoms with Crippen molar-refractivity contribution in [3.8, 4) is 0 Å². The Hall–Kier alpha value is -2.63. The van der Waals surface area contributed by atoms with Crippen molar-refractivity contribution in [2.75, 3.05) is 13.2 Å². The number of ether oxygens (including phenoxy) is 3. The van der Waals surface area contributed by atoms with E-state index in [2.05, 4.69) is 69.4 Å². The van der Waals surface area contributed by atoms with Crippen LogP contribution in [0.3, 0.4) is 0 Å². The molecule has 0 amide bonds. The Morgan fingerprint density at radius 2 is 0.582 bits per heavy atom. The average Bonchev–Trinajstić information content (AvgIpc) is 3.33. The first-order chi connectivity index (χ1) is 33.0. The number of esters is 3. The smallest absolute Gasteiger partial charge is 0.306 e. The summed E-state index contributed by atoms with van der Waals surface area (Å²) < 4.78 is 16.8. The van der Waals surface area contributed by atoms with Crippen LogP contribution in [0, 0.1) is 0 Å². The molecule has 0 aliphatic rings. The fourth-order valence-corrected chi connectivity index (χ4v) is 8.49. The first-order valence-corrected chi connectivity index (χ1v) is 29.1. The molecule has 6 nitrogen and oxygen atoms in total. The first kappa shape index (κ1) is 64.4. The van der Waals surface area contributed by atoms with E-state index in [9.17, 15) is 14.4 Å². The second-order valence-corrected chi connectivity index (χ2v) is 19.5. The maximum absolute atomic E-state index is 12.8. The summed E-state index contributed by atoms with van der Waals surface area (Å²) in [6.45, 7) is 6.51. The van der Waals surface area contributed by atoms with Crippen LogP contribution in [0.5, 0.6) is 0 Å². The van der Waals surface area contributed by atoms with E-state index < -0.39 is 6.10 Å². The van der Waals surface area contributed by atoms with Gasteiger partial charge in [0.05, 0.1) is 0 Å². The Labute approximate surface area is 416 Å². The summed E-state index contributed by atoms with van der Waals surface area (Å²) in [6, 6.07) is 0. The van der Waals surface area contributed by atoms with Gasteiger partial charge in [-0.1, -0.05) is 275 Å². The molecule has 0 rings (SSSR count). The molecular weight excluding hydrogens is 829 g/mol. The molecule has 0 saturated carbocycles. The number of carbonyl (C=O) groups is 3. The zero-order valence-electron chi connectivity index (χ0n) is 44.7. The Balaban J connectivity index is 4.16. The quantitative estimate of drug-likeness (QED) is 0.0262. The molecule has 0 fully saturated rings. The first-order valence-electron chi connectivity index (χ1n) is 29.1. The van der Waals surface area contributed by atoms with Gasteiger partial charge in [0.2, 0.25) is 0 Å². The number of carbonyl (C=O) groups excluding carboxylic acids is 3. The lowest BCUT2D eigenvalue weighted by atomic mass is 10.0. The lowest BCUT2D eigenvalue weighted by molar-refractivity contribution is -0.167. The minimum Gasteiger partial charge on any atom is -0.462 e. The third kappa shape index (κ3) is 54.2. The average molecular weight is 940 g/mol. The van der Waals surface area contributed by atoms with Gasteiger partial charge in [0, 0.05) is 19.3 Å². The molecular formula is C61H110O6. The number of hydrogen-bond acceptors (Lipinski definition) is 6. The van der Waals surface area contributed by atoms with E-state index in [0.29, 0.717) is 19.3 Å². The molecule has 1 unspecified atom stereocenters. The van der Waals surface area contributed by atoms with E-state index in [0.717, 1.165) is 96.3 Å². The normalized spacial score (nSPS) is 12.3. The molecule has 0 aliphatic heterocycles. The van der Waals surface area contributed by atoms with Gasteiger partial charge in [0.1, 0.15) is 13.2 Å². The van der Waals surface area contributed by atoms with Crippen LogP contribution >= 0.6 is 0 Å². The molecule has 0 spiro atoms. The molecule has 0 bridgehead atoms. The van der Waals surface area contributed by atoms with E-state index in [4.69, 9.17) is 14.2 Å². The van der Waals surface area contributed by atoms with Crippen molar-refractivity contribution in [2.45, 2.75) is 309 Å². The van der Waals surface area contributed by atoms with Crippen molar-refractivity contribution in [2.24, 2.45) is 0 Å². The zero-order valence-corrected chi connectivity index (χ0v) is 44.7. The van der Waals surface area contributed by atoms with Gasteiger partial charge in [0.15, 0.2) is 6.10 Å².